The molecule has 0 aromatic heterocycles. The molecule has 0 aliphatic heterocycles. The molecule has 1 unspecified atom stereocenters. The molecule has 5 heteroatoms. The van der Waals surface area contributed by atoms with Crippen molar-refractivity contribution in [1.82, 2.24) is 0 Å². The van der Waals surface area contributed by atoms with Crippen LogP contribution in [0, 0.1) is 0 Å². The van der Waals surface area contributed by atoms with E-state index in [0.717, 1.165) is 0 Å². The molecule has 0 saturated heterocycles. The van der Waals surface area contributed by atoms with Crippen molar-refractivity contribution in [2.24, 2.45) is 0 Å². The van der Waals surface area contributed by atoms with Crippen LogP contribution in [0.2, 0.25) is 0 Å². The summed E-state index contributed by atoms with van der Waals surface area (Å²) in [4.78, 5) is 8.83. The molecule has 0 aliphatic carbocycles. The molecular weight excluding hydrogens is 166 g/mol. The molecule has 0 fully saturated rings. The Morgan fingerprint density at radius 2 is 2.00 bits per heavy atom. The van der Waals surface area contributed by atoms with E-state index in [4.69, 9.17) is 9.42 Å². The lowest BCUT2D eigenvalue weighted by molar-refractivity contribution is 0.205. The zero-order chi connectivity index (χ0) is 7.49. The molecule has 62 valence electrons. The molecule has 1 atom stereocenters. The quantitative estimate of drug-likeness (QED) is 0.508. The van der Waals surface area contributed by atoms with Crippen LogP contribution in [0.1, 0.15) is 20.8 Å². The minimum absolute atomic E-state index is 0. The fourth-order valence-corrected chi connectivity index (χ4v) is 1.21. The second-order valence-corrected chi connectivity index (χ2v) is 4.23. The van der Waals surface area contributed by atoms with Crippen LogP contribution in [0.5, 0.6) is 0 Å². The van der Waals surface area contributed by atoms with Crippen molar-refractivity contribution in [1.29, 1.82) is 0 Å². The van der Waals surface area contributed by atoms with Gasteiger partial charge in [-0.1, -0.05) is 6.92 Å². The molecule has 0 aliphatic rings. The Bertz CT molecular complexity index is 126. The van der Waals surface area contributed by atoms with E-state index in [9.17, 15) is 4.57 Å². The van der Waals surface area contributed by atoms with Crippen LogP contribution in [-0.4, -0.2) is 34.5 Å². The van der Waals surface area contributed by atoms with Crippen LogP contribution in [0.4, 0.5) is 0 Å². The van der Waals surface area contributed by atoms with Crippen molar-refractivity contribution in [3.63, 3.8) is 0 Å². The molecule has 3 nitrogen and oxygen atoms in total. The summed E-state index contributed by atoms with van der Waals surface area (Å²) in [5.41, 5.74) is 0. The van der Waals surface area contributed by atoms with Gasteiger partial charge >= 0.3 is 7.60 Å². The highest BCUT2D eigenvalue weighted by atomic mass is 31.2. The minimum atomic E-state index is -3.23. The fraction of sp³-hybridized carbons (Fsp3) is 1.00. The van der Waals surface area contributed by atoms with Gasteiger partial charge in [0.1, 0.15) is 0 Å². The molecule has 0 aromatic carbocycles. The highest BCUT2D eigenvalue weighted by Crippen LogP contribution is 2.42. The van der Waals surface area contributed by atoms with Gasteiger partial charge in [0.2, 0.25) is 0 Å². The van der Waals surface area contributed by atoms with Crippen molar-refractivity contribution in [3.8, 4) is 0 Å². The molecule has 0 saturated carbocycles. The molecule has 0 spiro atoms. The first kappa shape index (κ1) is 13.3. The summed E-state index contributed by atoms with van der Waals surface area (Å²) in [7, 11) is -3.23. The van der Waals surface area contributed by atoms with Gasteiger partial charge in [0.05, 0.1) is 6.10 Å². The van der Waals surface area contributed by atoms with Gasteiger partial charge in [-0.2, -0.15) is 0 Å². The van der Waals surface area contributed by atoms with Gasteiger partial charge in [-0.05, 0) is 13.8 Å². The summed E-state index contributed by atoms with van der Waals surface area (Å²) in [6.45, 7) is 5.10. The average Bonchev–Trinajstić information content (AvgIpc) is 1.63. The van der Waals surface area contributed by atoms with Crippen molar-refractivity contribution in [2.75, 3.05) is 6.16 Å². The molecule has 0 amide bonds. The summed E-state index contributed by atoms with van der Waals surface area (Å²) < 4.78 is 15.4. The summed E-state index contributed by atoms with van der Waals surface area (Å²) in [6, 6.07) is 0. The zero-order valence-electron chi connectivity index (χ0n) is 6.00. The second-order valence-electron chi connectivity index (χ2n) is 2.11. The molecule has 0 bridgehead atoms. The molecular formula is C5H16AlO3P. The molecule has 0 rings (SSSR count). The lowest BCUT2D eigenvalue weighted by atomic mass is 10.5. The fourth-order valence-electron chi connectivity index (χ4n) is 0.404. The number of rotatable bonds is 3. The van der Waals surface area contributed by atoms with E-state index in [0.29, 0.717) is 0 Å². The van der Waals surface area contributed by atoms with E-state index in [1.807, 2.05) is 0 Å². The first-order chi connectivity index (χ1) is 3.98. The summed E-state index contributed by atoms with van der Waals surface area (Å²) >= 11 is 0. The lowest BCUT2D eigenvalue weighted by Gasteiger charge is -2.11. The Labute approximate surface area is 72.4 Å². The van der Waals surface area contributed by atoms with Crippen LogP contribution in [0.25, 0.3) is 0 Å². The second kappa shape index (κ2) is 5.35. The maximum absolute atomic E-state index is 10.7. The van der Waals surface area contributed by atoms with Crippen molar-refractivity contribution >= 4 is 25.0 Å². The van der Waals surface area contributed by atoms with E-state index < -0.39 is 7.60 Å². The number of hydrogen-bond donors (Lipinski definition) is 1. The third-order valence-electron chi connectivity index (χ3n) is 0.775. The third-order valence-corrected chi connectivity index (χ3v) is 2.33. The monoisotopic (exact) mass is 182 g/mol. The van der Waals surface area contributed by atoms with Crippen LogP contribution >= 0.6 is 7.60 Å². The van der Waals surface area contributed by atoms with Crippen LogP contribution in [0.15, 0.2) is 0 Å². The van der Waals surface area contributed by atoms with Gasteiger partial charge < -0.3 is 9.42 Å². The normalized spacial score (nSPS) is 16.1. The third kappa shape index (κ3) is 6.80. The van der Waals surface area contributed by atoms with E-state index >= 15 is 0 Å². The Hall–Kier alpha value is 0.682. The van der Waals surface area contributed by atoms with E-state index in [-0.39, 0.29) is 29.6 Å². The molecule has 0 radical (unpaired) electrons. The van der Waals surface area contributed by atoms with Crippen molar-refractivity contribution in [2.45, 2.75) is 26.9 Å². The first-order valence-electron chi connectivity index (χ1n) is 2.98. The molecule has 0 aromatic rings. The maximum atomic E-state index is 10.7. The Kier molecular flexibility index (Phi) is 7.10. The highest BCUT2D eigenvalue weighted by Gasteiger charge is 2.16. The van der Waals surface area contributed by atoms with Gasteiger partial charge in [-0.3, -0.25) is 4.57 Å². The van der Waals surface area contributed by atoms with Crippen molar-refractivity contribution in [3.05, 3.63) is 0 Å². The largest absolute Gasteiger partial charge is 0.328 e. The maximum Gasteiger partial charge on any atom is 0.328 e. The van der Waals surface area contributed by atoms with Crippen molar-refractivity contribution < 1.29 is 14.0 Å². The average molecular weight is 182 g/mol. The Balaban J connectivity index is 0. The van der Waals surface area contributed by atoms with Gasteiger partial charge in [0.15, 0.2) is 17.4 Å². The minimum Gasteiger partial charge on any atom is -0.324 e. The summed E-state index contributed by atoms with van der Waals surface area (Å²) in [5, 5.41) is 0. The number of hydrogen-bond acceptors (Lipinski definition) is 2. The van der Waals surface area contributed by atoms with E-state index in [2.05, 4.69) is 0 Å². The standard InChI is InChI=1S/C5H13O3P.Al.3H/c1-4-9(6,7)8-5(2)3;;;;/h5H,4H2,1-3H3,(H,6,7);;;;. The van der Waals surface area contributed by atoms with E-state index in [1.54, 1.807) is 20.8 Å². The predicted molar refractivity (Wildman–Crippen MR) is 46.5 cm³/mol. The van der Waals surface area contributed by atoms with Gasteiger partial charge in [0, 0.05) is 6.16 Å². The van der Waals surface area contributed by atoms with E-state index in [1.165, 1.54) is 0 Å². The van der Waals surface area contributed by atoms with Gasteiger partial charge in [-0.25, -0.2) is 0 Å². The lowest BCUT2D eigenvalue weighted by Crippen LogP contribution is -2.00. The molecule has 0 heterocycles. The first-order valence-corrected chi connectivity index (χ1v) is 4.74. The topological polar surface area (TPSA) is 46.5 Å². The van der Waals surface area contributed by atoms with Crippen LogP contribution < -0.4 is 0 Å². The van der Waals surface area contributed by atoms with Gasteiger partial charge in [-0.15, -0.1) is 0 Å². The summed E-state index contributed by atoms with van der Waals surface area (Å²) in [6.07, 6.45) is 0.0198. The Morgan fingerprint density at radius 1 is 1.60 bits per heavy atom. The highest BCUT2D eigenvalue weighted by molar-refractivity contribution is 7.52. The van der Waals surface area contributed by atoms with Crippen LogP contribution in [-0.2, 0) is 9.09 Å². The SMILES string of the molecule is CCP(=O)(O)OC(C)C.[AlH3]. The summed E-state index contributed by atoms with van der Waals surface area (Å²) in [5.74, 6) is 0. The molecule has 1 N–H and O–H groups in total. The zero-order valence-corrected chi connectivity index (χ0v) is 6.89. The van der Waals surface area contributed by atoms with Crippen LogP contribution in [0.3, 0.4) is 0 Å². The predicted octanol–water partition coefficient (Wildman–Crippen LogP) is 0.433. The Morgan fingerprint density at radius 3 is 2.10 bits per heavy atom. The van der Waals surface area contributed by atoms with Gasteiger partial charge in [0.25, 0.3) is 0 Å². The molecule has 10 heavy (non-hydrogen) atoms. The smallest absolute Gasteiger partial charge is 0.324 e.